The van der Waals surface area contributed by atoms with Gasteiger partial charge in [0, 0.05) is 23.6 Å². The topological polar surface area (TPSA) is 115 Å². The van der Waals surface area contributed by atoms with Crippen molar-refractivity contribution in [3.8, 4) is 0 Å². The van der Waals surface area contributed by atoms with Crippen molar-refractivity contribution in [3.63, 3.8) is 0 Å². The number of nitrogens with zero attached hydrogens (tertiary/aromatic N) is 2. The van der Waals surface area contributed by atoms with Crippen molar-refractivity contribution in [1.29, 1.82) is 0 Å². The minimum Gasteiger partial charge on any atom is -0.397 e. The zero-order valence-corrected chi connectivity index (χ0v) is 17.3. The van der Waals surface area contributed by atoms with Crippen molar-refractivity contribution in [3.05, 3.63) is 46.0 Å². The quantitative estimate of drug-likeness (QED) is 0.675. The Balaban J connectivity index is 1.51. The molecule has 1 amide bonds. The zero-order chi connectivity index (χ0) is 20.2. The van der Waals surface area contributed by atoms with Gasteiger partial charge in [0.1, 0.15) is 9.71 Å². The predicted octanol–water partition coefficient (Wildman–Crippen LogP) is 2.58. The number of anilines is 1. The van der Waals surface area contributed by atoms with E-state index in [1.807, 2.05) is 26.0 Å². The van der Waals surface area contributed by atoms with Crippen LogP contribution in [0.15, 0.2) is 29.2 Å². The van der Waals surface area contributed by atoms with E-state index in [1.165, 1.54) is 17.6 Å². The van der Waals surface area contributed by atoms with E-state index in [-0.39, 0.29) is 17.9 Å². The first-order valence-corrected chi connectivity index (χ1v) is 11.5. The number of amides is 1. The molecule has 2 aromatic heterocycles. The number of hydrogen-bond donors (Lipinski definition) is 2. The number of nitrogens with two attached hydrogens (primary N) is 1. The molecule has 2 heterocycles. The fraction of sp³-hybridized carbons (Fsp3) is 0.316. The molecule has 0 radical (unpaired) electrons. The van der Waals surface area contributed by atoms with Gasteiger partial charge in [-0.15, -0.1) is 16.4 Å². The van der Waals surface area contributed by atoms with Gasteiger partial charge in [-0.1, -0.05) is 12.1 Å². The number of carbonyl (C=O) groups excluding carboxylic acids is 1. The molecular formula is C19H20N4O3S2. The average Bonchev–Trinajstić information content (AvgIpc) is 3.31. The van der Waals surface area contributed by atoms with Gasteiger partial charge in [0.15, 0.2) is 9.84 Å². The summed E-state index contributed by atoms with van der Waals surface area (Å²) in [7, 11) is -3.21. The standard InChI is InChI=1S/C19H20N4O3S2/c1-9-10(2)22-23-19-15(9)16(20)17(27-19)18(24)21-14-8-13(14)11-4-6-12(7-5-11)28(3,25)26/h4-7,13-14H,8,20H2,1-3H3,(H,21,24). The zero-order valence-electron chi connectivity index (χ0n) is 15.7. The second kappa shape index (κ2) is 6.52. The highest BCUT2D eigenvalue weighted by molar-refractivity contribution is 7.90. The fourth-order valence-electron chi connectivity index (χ4n) is 3.33. The van der Waals surface area contributed by atoms with E-state index in [0.717, 1.165) is 28.6 Å². The number of aryl methyl sites for hydroxylation is 2. The molecule has 0 bridgehead atoms. The number of sulfone groups is 1. The van der Waals surface area contributed by atoms with Crippen LogP contribution in [0, 0.1) is 13.8 Å². The Labute approximate surface area is 166 Å². The summed E-state index contributed by atoms with van der Waals surface area (Å²) in [4.78, 5) is 14.1. The number of nitrogens with one attached hydrogen (secondary N) is 1. The smallest absolute Gasteiger partial charge is 0.263 e. The fourth-order valence-corrected chi connectivity index (χ4v) is 4.96. The van der Waals surface area contributed by atoms with Gasteiger partial charge >= 0.3 is 0 Å². The molecule has 0 aliphatic heterocycles. The number of nitrogen functional groups attached to an aromatic ring is 1. The van der Waals surface area contributed by atoms with Crippen LogP contribution in [-0.2, 0) is 9.84 Å². The van der Waals surface area contributed by atoms with Gasteiger partial charge in [0.25, 0.3) is 5.91 Å². The van der Waals surface area contributed by atoms with Crippen LogP contribution in [0.5, 0.6) is 0 Å². The molecule has 1 aliphatic carbocycles. The molecule has 4 rings (SSSR count). The van der Waals surface area contributed by atoms with E-state index in [9.17, 15) is 13.2 Å². The van der Waals surface area contributed by atoms with Crippen LogP contribution < -0.4 is 11.1 Å². The Morgan fingerprint density at radius 2 is 1.89 bits per heavy atom. The van der Waals surface area contributed by atoms with Crippen LogP contribution in [0.4, 0.5) is 5.69 Å². The molecule has 7 nitrogen and oxygen atoms in total. The lowest BCUT2D eigenvalue weighted by atomic mass is 10.1. The molecule has 1 saturated carbocycles. The molecule has 9 heteroatoms. The summed E-state index contributed by atoms with van der Waals surface area (Å²) in [6.45, 7) is 3.79. The molecule has 3 N–H and O–H groups in total. The lowest BCUT2D eigenvalue weighted by Gasteiger charge is -2.05. The third-order valence-corrected chi connectivity index (χ3v) is 7.40. The average molecular weight is 417 g/mol. The van der Waals surface area contributed by atoms with Crippen molar-refractivity contribution in [2.45, 2.75) is 37.1 Å². The maximum Gasteiger partial charge on any atom is 0.263 e. The van der Waals surface area contributed by atoms with Gasteiger partial charge in [0.2, 0.25) is 0 Å². The van der Waals surface area contributed by atoms with Gasteiger partial charge in [-0.3, -0.25) is 4.79 Å². The molecule has 1 aromatic carbocycles. The Bertz CT molecular complexity index is 1200. The third-order valence-electron chi connectivity index (χ3n) is 5.18. The van der Waals surface area contributed by atoms with Crippen LogP contribution in [0.3, 0.4) is 0 Å². The second-order valence-corrected chi connectivity index (χ2v) is 10.2. The van der Waals surface area contributed by atoms with Gasteiger partial charge in [0.05, 0.1) is 16.3 Å². The summed E-state index contributed by atoms with van der Waals surface area (Å²) >= 11 is 1.25. The number of rotatable bonds is 4. The summed E-state index contributed by atoms with van der Waals surface area (Å²) < 4.78 is 23.1. The number of hydrogen-bond acceptors (Lipinski definition) is 7. The van der Waals surface area contributed by atoms with Crippen molar-refractivity contribution in [2.75, 3.05) is 12.0 Å². The lowest BCUT2D eigenvalue weighted by molar-refractivity contribution is 0.0955. The summed E-state index contributed by atoms with van der Waals surface area (Å²) in [6.07, 6.45) is 2.00. The van der Waals surface area contributed by atoms with Gasteiger partial charge < -0.3 is 11.1 Å². The Morgan fingerprint density at radius 1 is 1.21 bits per heavy atom. The maximum atomic E-state index is 12.7. The van der Waals surface area contributed by atoms with E-state index in [0.29, 0.717) is 20.3 Å². The highest BCUT2D eigenvalue weighted by Crippen LogP contribution is 2.42. The summed E-state index contributed by atoms with van der Waals surface area (Å²) in [5.74, 6) is -0.0326. The highest BCUT2D eigenvalue weighted by Gasteiger charge is 2.40. The van der Waals surface area contributed by atoms with Crippen LogP contribution in [-0.4, -0.2) is 36.8 Å². The van der Waals surface area contributed by atoms with Crippen LogP contribution in [0.2, 0.25) is 0 Å². The normalized spacial score (nSPS) is 19.0. The first-order chi connectivity index (χ1) is 13.2. The van der Waals surface area contributed by atoms with Crippen LogP contribution >= 0.6 is 11.3 Å². The van der Waals surface area contributed by atoms with E-state index in [2.05, 4.69) is 15.5 Å². The molecular weight excluding hydrogens is 396 g/mol. The van der Waals surface area contributed by atoms with Crippen LogP contribution in [0.25, 0.3) is 10.2 Å². The largest absolute Gasteiger partial charge is 0.397 e. The summed E-state index contributed by atoms with van der Waals surface area (Å²) in [5.41, 5.74) is 9.43. The second-order valence-electron chi connectivity index (χ2n) is 7.20. The van der Waals surface area contributed by atoms with Crippen molar-refractivity contribution in [1.82, 2.24) is 15.5 Å². The first kappa shape index (κ1) is 18.8. The Kier molecular flexibility index (Phi) is 4.39. The third kappa shape index (κ3) is 3.24. The SMILES string of the molecule is Cc1nnc2sc(C(=O)NC3CC3c3ccc(S(C)(=O)=O)cc3)c(N)c2c1C. The maximum absolute atomic E-state index is 12.7. The molecule has 0 saturated heterocycles. The number of thiophene rings is 1. The lowest BCUT2D eigenvalue weighted by Crippen LogP contribution is -2.26. The van der Waals surface area contributed by atoms with Crippen molar-refractivity contribution < 1.29 is 13.2 Å². The van der Waals surface area contributed by atoms with E-state index >= 15 is 0 Å². The molecule has 0 spiro atoms. The van der Waals surface area contributed by atoms with Gasteiger partial charge in [-0.25, -0.2) is 8.42 Å². The molecule has 3 aromatic rings. The minimum atomic E-state index is -3.21. The van der Waals surface area contributed by atoms with Gasteiger partial charge in [-0.05, 0) is 43.5 Å². The molecule has 2 atom stereocenters. The number of benzene rings is 1. The molecule has 1 fully saturated rings. The molecule has 2 unspecified atom stereocenters. The van der Waals surface area contributed by atoms with E-state index in [4.69, 9.17) is 5.73 Å². The Hall–Kier alpha value is -2.52. The number of aromatic nitrogens is 2. The molecule has 1 aliphatic rings. The molecule has 146 valence electrons. The van der Waals surface area contributed by atoms with Gasteiger partial charge in [-0.2, -0.15) is 5.10 Å². The summed E-state index contributed by atoms with van der Waals surface area (Å²) in [6, 6.07) is 6.84. The van der Waals surface area contributed by atoms with E-state index < -0.39 is 9.84 Å². The first-order valence-electron chi connectivity index (χ1n) is 8.79. The highest BCUT2D eigenvalue weighted by atomic mass is 32.2. The summed E-state index contributed by atoms with van der Waals surface area (Å²) in [5, 5.41) is 12.1. The number of fused-ring (bicyclic) bond motifs is 1. The number of carbonyl (C=O) groups is 1. The van der Waals surface area contributed by atoms with E-state index in [1.54, 1.807) is 12.1 Å². The van der Waals surface area contributed by atoms with Crippen LogP contribution in [0.1, 0.15) is 38.8 Å². The Morgan fingerprint density at radius 3 is 2.54 bits per heavy atom. The molecule has 28 heavy (non-hydrogen) atoms. The minimum absolute atomic E-state index is 0.00936. The van der Waals surface area contributed by atoms with Crippen molar-refractivity contribution >= 4 is 43.0 Å². The van der Waals surface area contributed by atoms with Crippen molar-refractivity contribution in [2.24, 2.45) is 0 Å². The monoisotopic (exact) mass is 416 g/mol. The predicted molar refractivity (Wildman–Crippen MR) is 109 cm³/mol.